The van der Waals surface area contributed by atoms with Gasteiger partial charge in [0.1, 0.15) is 0 Å². The number of likely N-dealkylation sites (N-methyl/N-ethyl adjacent to an activating group) is 1. The van der Waals surface area contributed by atoms with Gasteiger partial charge < -0.3 is 10.6 Å². The molecule has 1 fully saturated rings. The molecule has 1 amide bonds. The number of hydrazine groups is 1. The third-order valence-corrected chi connectivity index (χ3v) is 3.91. The number of nitrogens with zero attached hydrogens (tertiary/aromatic N) is 2. The van der Waals surface area contributed by atoms with Crippen molar-refractivity contribution in [3.8, 4) is 11.8 Å². The Balaban J connectivity index is 1.91. The molecule has 0 radical (unpaired) electrons. The number of nitrogens with two attached hydrogens (primary N) is 1. The number of carbonyl (C=O) groups is 1. The van der Waals surface area contributed by atoms with Crippen molar-refractivity contribution in [1.29, 1.82) is 0 Å². The van der Waals surface area contributed by atoms with Crippen molar-refractivity contribution >= 4 is 17.2 Å². The van der Waals surface area contributed by atoms with Crippen LogP contribution in [0.4, 0.5) is 0 Å². The first-order valence-corrected chi connectivity index (χ1v) is 7.04. The van der Waals surface area contributed by atoms with Gasteiger partial charge in [-0.25, -0.2) is 5.01 Å². The van der Waals surface area contributed by atoms with E-state index in [1.807, 2.05) is 11.1 Å². The second kappa shape index (κ2) is 6.68. The summed E-state index contributed by atoms with van der Waals surface area (Å²) in [7, 11) is 2.08. The smallest absolute Gasteiger partial charge is 0.275 e. The summed E-state index contributed by atoms with van der Waals surface area (Å²) in [6.07, 6.45) is 0. The van der Waals surface area contributed by atoms with Crippen LogP contribution in [0.3, 0.4) is 0 Å². The number of rotatable bonds is 2. The highest BCUT2D eigenvalue weighted by molar-refractivity contribution is 7.14. The van der Waals surface area contributed by atoms with E-state index < -0.39 is 0 Å². The Labute approximate surface area is 117 Å². The zero-order valence-electron chi connectivity index (χ0n) is 11.0. The average Bonchev–Trinajstić information content (AvgIpc) is 2.88. The maximum Gasteiger partial charge on any atom is 0.275 e. The lowest BCUT2D eigenvalue weighted by Crippen LogP contribution is -2.52. The lowest BCUT2D eigenvalue weighted by Gasteiger charge is -2.32. The first kappa shape index (κ1) is 14.0. The van der Waals surface area contributed by atoms with Gasteiger partial charge in [0.25, 0.3) is 5.91 Å². The first-order valence-electron chi connectivity index (χ1n) is 6.22. The quantitative estimate of drug-likeness (QED) is 0.745. The molecule has 1 aliphatic rings. The number of amides is 1. The van der Waals surface area contributed by atoms with Gasteiger partial charge in [0.15, 0.2) is 0 Å². The van der Waals surface area contributed by atoms with Gasteiger partial charge in [-0.15, -0.1) is 11.3 Å². The van der Waals surface area contributed by atoms with E-state index in [1.165, 1.54) is 11.3 Å². The van der Waals surface area contributed by atoms with E-state index in [9.17, 15) is 4.79 Å². The van der Waals surface area contributed by atoms with Crippen LogP contribution in [0.2, 0.25) is 0 Å². The number of thiophene rings is 1. The molecule has 0 spiro atoms. The lowest BCUT2D eigenvalue weighted by molar-refractivity contribution is 0.0666. The van der Waals surface area contributed by atoms with E-state index in [-0.39, 0.29) is 5.91 Å². The minimum Gasteiger partial charge on any atom is -0.320 e. The molecule has 0 saturated carbocycles. The minimum absolute atomic E-state index is 0.0599. The van der Waals surface area contributed by atoms with E-state index in [4.69, 9.17) is 5.73 Å². The number of nitrogens with one attached hydrogen (secondary N) is 1. The van der Waals surface area contributed by atoms with E-state index >= 15 is 0 Å². The maximum absolute atomic E-state index is 12.1. The van der Waals surface area contributed by atoms with Crippen molar-refractivity contribution < 1.29 is 4.79 Å². The lowest BCUT2D eigenvalue weighted by atomic mass is 10.4. The van der Waals surface area contributed by atoms with Gasteiger partial charge in [-0.3, -0.25) is 10.2 Å². The predicted molar refractivity (Wildman–Crippen MR) is 76.8 cm³/mol. The Morgan fingerprint density at radius 1 is 1.42 bits per heavy atom. The van der Waals surface area contributed by atoms with Gasteiger partial charge in [0.05, 0.1) is 16.3 Å². The molecule has 0 unspecified atom stereocenters. The number of carbonyl (C=O) groups excluding carboxylic acids is 1. The van der Waals surface area contributed by atoms with Gasteiger partial charge in [0, 0.05) is 26.2 Å². The molecule has 102 valence electrons. The molecule has 19 heavy (non-hydrogen) atoms. The summed E-state index contributed by atoms with van der Waals surface area (Å²) in [4.78, 5) is 15.8. The Hall–Kier alpha value is -1.39. The van der Waals surface area contributed by atoms with Crippen molar-refractivity contribution in [2.24, 2.45) is 5.73 Å². The fourth-order valence-corrected chi connectivity index (χ4v) is 2.55. The van der Waals surface area contributed by atoms with E-state index in [2.05, 4.69) is 29.2 Å². The largest absolute Gasteiger partial charge is 0.320 e. The van der Waals surface area contributed by atoms with Crippen LogP contribution in [0.25, 0.3) is 0 Å². The molecular weight excluding hydrogens is 260 g/mol. The molecule has 0 bridgehead atoms. The minimum atomic E-state index is -0.0599. The summed E-state index contributed by atoms with van der Waals surface area (Å²) in [6.45, 7) is 3.98. The summed E-state index contributed by atoms with van der Waals surface area (Å²) < 4.78 is 0. The highest BCUT2D eigenvalue weighted by Crippen LogP contribution is 2.15. The van der Waals surface area contributed by atoms with E-state index in [1.54, 1.807) is 6.07 Å². The van der Waals surface area contributed by atoms with Crippen molar-refractivity contribution in [3.05, 3.63) is 21.9 Å². The van der Waals surface area contributed by atoms with Gasteiger partial charge >= 0.3 is 0 Å². The highest BCUT2D eigenvalue weighted by Gasteiger charge is 2.17. The monoisotopic (exact) mass is 278 g/mol. The average molecular weight is 278 g/mol. The van der Waals surface area contributed by atoms with Crippen LogP contribution in [0.15, 0.2) is 12.1 Å². The molecule has 5 nitrogen and oxygen atoms in total. The molecule has 1 aromatic rings. The Morgan fingerprint density at radius 2 is 2.16 bits per heavy atom. The van der Waals surface area contributed by atoms with Crippen LogP contribution in [0.1, 0.15) is 14.5 Å². The fourth-order valence-electron chi connectivity index (χ4n) is 1.78. The second-order valence-corrected chi connectivity index (χ2v) is 5.48. The van der Waals surface area contributed by atoms with Crippen molar-refractivity contribution in [3.63, 3.8) is 0 Å². The molecule has 1 aromatic heterocycles. The summed E-state index contributed by atoms with van der Waals surface area (Å²) >= 11 is 1.39. The van der Waals surface area contributed by atoms with E-state index in [0.717, 1.165) is 31.1 Å². The highest BCUT2D eigenvalue weighted by atomic mass is 32.1. The van der Waals surface area contributed by atoms with E-state index in [0.29, 0.717) is 11.4 Å². The summed E-state index contributed by atoms with van der Waals surface area (Å²) in [5, 5.41) is 1.97. The number of hydrogen-bond acceptors (Lipinski definition) is 5. The van der Waals surface area contributed by atoms with Crippen LogP contribution in [0, 0.1) is 11.8 Å². The Bertz CT molecular complexity index is 494. The van der Waals surface area contributed by atoms with Crippen molar-refractivity contribution in [2.75, 3.05) is 39.8 Å². The summed E-state index contributed by atoms with van der Waals surface area (Å²) in [6, 6.07) is 3.66. The van der Waals surface area contributed by atoms with Crippen molar-refractivity contribution in [1.82, 2.24) is 15.3 Å². The Morgan fingerprint density at radius 3 is 2.84 bits per heavy atom. The van der Waals surface area contributed by atoms with Gasteiger partial charge in [-0.05, 0) is 19.2 Å². The standard InChI is InChI=1S/C13H18N4OS/c1-16-7-9-17(10-8-16)15-13(18)12-5-4-11(19-12)3-2-6-14/h4-5H,6-10,14H2,1H3,(H,15,18). The SMILES string of the molecule is CN1CCN(NC(=O)c2ccc(C#CCN)s2)CC1. The summed E-state index contributed by atoms with van der Waals surface area (Å²) in [5.74, 6) is 5.66. The molecule has 0 atom stereocenters. The van der Waals surface area contributed by atoms with Crippen LogP contribution >= 0.6 is 11.3 Å². The van der Waals surface area contributed by atoms with Gasteiger partial charge in [0.2, 0.25) is 0 Å². The molecule has 0 aromatic carbocycles. The third kappa shape index (κ3) is 4.04. The Kier molecular flexibility index (Phi) is 4.93. The van der Waals surface area contributed by atoms with Gasteiger partial charge in [-0.2, -0.15) is 0 Å². The molecular formula is C13H18N4OS. The maximum atomic E-state index is 12.1. The zero-order valence-corrected chi connectivity index (χ0v) is 11.8. The molecule has 6 heteroatoms. The molecule has 2 rings (SSSR count). The fraction of sp³-hybridized carbons (Fsp3) is 0.462. The van der Waals surface area contributed by atoms with Crippen LogP contribution < -0.4 is 11.2 Å². The predicted octanol–water partition coefficient (Wildman–Crippen LogP) is -0.0495. The molecule has 1 saturated heterocycles. The molecule has 0 aliphatic carbocycles. The zero-order chi connectivity index (χ0) is 13.7. The topological polar surface area (TPSA) is 61.6 Å². The van der Waals surface area contributed by atoms with Gasteiger partial charge in [-0.1, -0.05) is 11.8 Å². The van der Waals surface area contributed by atoms with Crippen LogP contribution in [-0.4, -0.2) is 55.6 Å². The number of hydrogen-bond donors (Lipinski definition) is 2. The second-order valence-electron chi connectivity index (χ2n) is 4.40. The third-order valence-electron chi connectivity index (χ3n) is 2.91. The molecule has 1 aliphatic heterocycles. The normalized spacial score (nSPS) is 16.7. The molecule has 2 heterocycles. The number of piperazine rings is 1. The first-order chi connectivity index (χ1) is 9.19. The molecule has 3 N–H and O–H groups in total. The van der Waals surface area contributed by atoms with Crippen LogP contribution in [-0.2, 0) is 0 Å². The van der Waals surface area contributed by atoms with Crippen LogP contribution in [0.5, 0.6) is 0 Å². The summed E-state index contributed by atoms with van der Waals surface area (Å²) in [5.41, 5.74) is 8.25. The van der Waals surface area contributed by atoms with Crippen molar-refractivity contribution in [2.45, 2.75) is 0 Å².